The Morgan fingerprint density at radius 1 is 1.29 bits per heavy atom. The number of benzene rings is 1. The van der Waals surface area contributed by atoms with Gasteiger partial charge >= 0.3 is 0 Å². The minimum atomic E-state index is 0.0314. The van der Waals surface area contributed by atoms with E-state index >= 15 is 0 Å². The maximum absolute atomic E-state index is 11.5. The van der Waals surface area contributed by atoms with Crippen LogP contribution in [0.1, 0.15) is 38.2 Å². The molecule has 1 spiro atoms. The fourth-order valence-electron chi connectivity index (χ4n) is 3.83. The molecule has 0 bridgehead atoms. The van der Waals surface area contributed by atoms with Crippen LogP contribution in [0.2, 0.25) is 0 Å². The summed E-state index contributed by atoms with van der Waals surface area (Å²) in [4.78, 5) is 13.4. The van der Waals surface area contributed by atoms with Gasteiger partial charge < -0.3 is 9.64 Å². The summed E-state index contributed by atoms with van der Waals surface area (Å²) in [5.74, 6) is 0.909. The number of hydrogen-bond donors (Lipinski definition) is 0. The molecule has 1 amide bonds. The number of rotatable bonds is 2. The molecule has 1 unspecified atom stereocenters. The number of piperidine rings is 1. The van der Waals surface area contributed by atoms with Gasteiger partial charge in [-0.15, -0.1) is 0 Å². The quantitative estimate of drug-likeness (QED) is 0.837. The van der Waals surface area contributed by atoms with Gasteiger partial charge in [0.05, 0.1) is 5.60 Å². The molecule has 21 heavy (non-hydrogen) atoms. The normalized spacial score (nSPS) is 25.0. The minimum absolute atomic E-state index is 0.0314. The third kappa shape index (κ3) is 3.46. The lowest BCUT2D eigenvalue weighted by Gasteiger charge is -2.46. The lowest BCUT2D eigenvalue weighted by atomic mass is 9.77. The minimum Gasteiger partial charge on any atom is -0.375 e. The molecule has 0 radical (unpaired) electrons. The van der Waals surface area contributed by atoms with Gasteiger partial charge in [0.1, 0.15) is 0 Å². The summed E-state index contributed by atoms with van der Waals surface area (Å²) in [6.07, 6.45) is 5.46. The van der Waals surface area contributed by atoms with E-state index in [-0.39, 0.29) is 11.5 Å². The zero-order chi connectivity index (χ0) is 14.7. The fourth-order valence-corrected chi connectivity index (χ4v) is 3.83. The number of carbonyl (C=O) groups excluding carboxylic acids is 1. The van der Waals surface area contributed by atoms with E-state index in [0.717, 1.165) is 51.8 Å². The van der Waals surface area contributed by atoms with Gasteiger partial charge in [0.25, 0.3) is 0 Å². The monoisotopic (exact) mass is 287 g/mol. The lowest BCUT2D eigenvalue weighted by molar-refractivity contribution is -0.145. The molecule has 0 N–H and O–H groups in total. The molecule has 3 rings (SSSR count). The van der Waals surface area contributed by atoms with Crippen LogP contribution in [-0.4, -0.2) is 36.1 Å². The van der Waals surface area contributed by atoms with E-state index in [0.29, 0.717) is 5.92 Å². The predicted molar refractivity (Wildman–Crippen MR) is 83.0 cm³/mol. The number of hydrogen-bond acceptors (Lipinski definition) is 2. The van der Waals surface area contributed by atoms with E-state index in [1.165, 1.54) is 5.56 Å². The van der Waals surface area contributed by atoms with Crippen LogP contribution >= 0.6 is 0 Å². The summed E-state index contributed by atoms with van der Waals surface area (Å²) in [7, 11) is 0. The summed E-state index contributed by atoms with van der Waals surface area (Å²) in [5, 5.41) is 0. The van der Waals surface area contributed by atoms with Gasteiger partial charge in [-0.2, -0.15) is 0 Å². The Bertz CT molecular complexity index is 477. The Kier molecular flexibility index (Phi) is 4.29. The van der Waals surface area contributed by atoms with Gasteiger partial charge in [-0.05, 0) is 43.6 Å². The van der Waals surface area contributed by atoms with Crippen LogP contribution in [0.3, 0.4) is 0 Å². The number of amides is 1. The first-order valence-corrected chi connectivity index (χ1v) is 8.10. The first-order valence-electron chi connectivity index (χ1n) is 8.10. The van der Waals surface area contributed by atoms with Crippen molar-refractivity contribution in [1.29, 1.82) is 0 Å². The Labute approximate surface area is 127 Å². The molecule has 0 aromatic heterocycles. The molecule has 1 atom stereocenters. The number of likely N-dealkylation sites (tertiary alicyclic amines) is 1. The Morgan fingerprint density at radius 2 is 2.00 bits per heavy atom. The largest absolute Gasteiger partial charge is 0.375 e. The second-order valence-electron chi connectivity index (χ2n) is 6.59. The third-order valence-electron chi connectivity index (χ3n) is 5.08. The van der Waals surface area contributed by atoms with E-state index in [1.807, 2.05) is 4.90 Å². The summed E-state index contributed by atoms with van der Waals surface area (Å²) in [6, 6.07) is 10.8. The number of carbonyl (C=O) groups is 1. The van der Waals surface area contributed by atoms with Gasteiger partial charge in [-0.1, -0.05) is 30.3 Å². The molecular weight excluding hydrogens is 262 g/mol. The summed E-state index contributed by atoms with van der Waals surface area (Å²) < 4.78 is 6.16. The maximum Gasteiger partial charge on any atom is 0.219 e. The maximum atomic E-state index is 11.5. The molecule has 2 aliphatic rings. The third-order valence-corrected chi connectivity index (χ3v) is 5.08. The van der Waals surface area contributed by atoms with Crippen LogP contribution in [0, 0.1) is 5.92 Å². The van der Waals surface area contributed by atoms with Crippen molar-refractivity contribution in [2.24, 2.45) is 5.92 Å². The molecule has 1 aromatic rings. The molecule has 2 aliphatic heterocycles. The summed E-state index contributed by atoms with van der Waals surface area (Å²) in [5.41, 5.74) is 1.46. The van der Waals surface area contributed by atoms with E-state index < -0.39 is 0 Å². The zero-order valence-electron chi connectivity index (χ0n) is 12.9. The average molecular weight is 287 g/mol. The van der Waals surface area contributed by atoms with Crippen molar-refractivity contribution in [3.8, 4) is 0 Å². The van der Waals surface area contributed by atoms with E-state index in [1.54, 1.807) is 6.92 Å². The predicted octanol–water partition coefficient (Wildman–Crippen LogP) is 3.04. The Hall–Kier alpha value is -1.35. The van der Waals surface area contributed by atoms with Crippen LogP contribution in [-0.2, 0) is 16.0 Å². The molecule has 2 heterocycles. The zero-order valence-corrected chi connectivity index (χ0v) is 12.9. The second kappa shape index (κ2) is 6.18. The van der Waals surface area contributed by atoms with Crippen molar-refractivity contribution >= 4 is 5.91 Å². The van der Waals surface area contributed by atoms with E-state index in [9.17, 15) is 4.79 Å². The summed E-state index contributed by atoms with van der Waals surface area (Å²) >= 11 is 0. The number of ether oxygens (including phenoxy) is 1. The molecule has 0 aliphatic carbocycles. The SMILES string of the molecule is CC(=O)N1CCC2(CC1)CC(Cc1ccccc1)CCO2. The van der Waals surface area contributed by atoms with Crippen molar-refractivity contribution < 1.29 is 9.53 Å². The molecule has 1 aromatic carbocycles. The van der Waals surface area contributed by atoms with Crippen LogP contribution < -0.4 is 0 Å². The van der Waals surface area contributed by atoms with E-state index in [2.05, 4.69) is 30.3 Å². The van der Waals surface area contributed by atoms with Gasteiger partial charge in [0.15, 0.2) is 0 Å². The van der Waals surface area contributed by atoms with Gasteiger partial charge in [0.2, 0.25) is 5.91 Å². The highest BCUT2D eigenvalue weighted by molar-refractivity contribution is 5.73. The van der Waals surface area contributed by atoms with Crippen LogP contribution in [0.5, 0.6) is 0 Å². The van der Waals surface area contributed by atoms with Crippen molar-refractivity contribution in [3.05, 3.63) is 35.9 Å². The highest BCUT2D eigenvalue weighted by Gasteiger charge is 2.40. The molecule has 0 saturated carbocycles. The van der Waals surface area contributed by atoms with Crippen molar-refractivity contribution in [2.45, 2.75) is 44.6 Å². The molecular formula is C18H25NO2. The average Bonchev–Trinajstić information content (AvgIpc) is 2.49. The summed E-state index contributed by atoms with van der Waals surface area (Å²) in [6.45, 7) is 4.25. The fraction of sp³-hybridized carbons (Fsp3) is 0.611. The molecule has 3 heteroatoms. The Balaban J connectivity index is 1.60. The number of nitrogens with zero attached hydrogens (tertiary/aromatic N) is 1. The van der Waals surface area contributed by atoms with Crippen molar-refractivity contribution in [1.82, 2.24) is 4.90 Å². The van der Waals surface area contributed by atoms with Crippen LogP contribution in [0.4, 0.5) is 0 Å². The van der Waals surface area contributed by atoms with Crippen LogP contribution in [0.25, 0.3) is 0 Å². The second-order valence-corrected chi connectivity index (χ2v) is 6.59. The van der Waals surface area contributed by atoms with Crippen LogP contribution in [0.15, 0.2) is 30.3 Å². The standard InChI is InChI=1S/C18H25NO2/c1-15(20)19-10-8-18(9-11-19)14-17(7-12-21-18)13-16-5-3-2-4-6-16/h2-6,17H,7-14H2,1H3. The molecule has 114 valence electrons. The lowest BCUT2D eigenvalue weighted by Crippen LogP contribution is -2.50. The topological polar surface area (TPSA) is 29.5 Å². The molecule has 2 saturated heterocycles. The highest BCUT2D eigenvalue weighted by Crippen LogP contribution is 2.38. The van der Waals surface area contributed by atoms with Gasteiger partial charge in [0, 0.05) is 26.6 Å². The first kappa shape index (κ1) is 14.6. The van der Waals surface area contributed by atoms with Gasteiger partial charge in [-0.3, -0.25) is 4.79 Å². The smallest absolute Gasteiger partial charge is 0.219 e. The first-order chi connectivity index (χ1) is 10.2. The highest BCUT2D eigenvalue weighted by atomic mass is 16.5. The van der Waals surface area contributed by atoms with Gasteiger partial charge in [-0.25, -0.2) is 0 Å². The molecule has 2 fully saturated rings. The van der Waals surface area contributed by atoms with E-state index in [4.69, 9.17) is 4.74 Å². The van der Waals surface area contributed by atoms with Crippen molar-refractivity contribution in [3.63, 3.8) is 0 Å². The Morgan fingerprint density at radius 3 is 2.67 bits per heavy atom. The van der Waals surface area contributed by atoms with Crippen molar-refractivity contribution in [2.75, 3.05) is 19.7 Å². The molecule has 3 nitrogen and oxygen atoms in total.